The van der Waals surface area contributed by atoms with Crippen LogP contribution in [0.25, 0.3) is 0 Å². The summed E-state index contributed by atoms with van der Waals surface area (Å²) < 4.78 is 1.96. The second-order valence-corrected chi connectivity index (χ2v) is 5.31. The van der Waals surface area contributed by atoms with E-state index in [1.54, 1.807) is 18.0 Å². The van der Waals surface area contributed by atoms with Gasteiger partial charge in [-0.3, -0.25) is 0 Å². The molecule has 0 amide bonds. The standard InChI is InChI=1S/C14H18N2OS/c1-3-16-10-9-15-14(16)13(17)11-5-7-12(8-6-11)18-4-2/h5-10,13,17H,3-4H2,1-2H3. The van der Waals surface area contributed by atoms with Gasteiger partial charge in [-0.15, -0.1) is 11.8 Å². The monoisotopic (exact) mass is 262 g/mol. The average Bonchev–Trinajstić information content (AvgIpc) is 2.87. The smallest absolute Gasteiger partial charge is 0.142 e. The number of hydrogen-bond donors (Lipinski definition) is 1. The fourth-order valence-corrected chi connectivity index (χ4v) is 2.56. The maximum Gasteiger partial charge on any atom is 0.142 e. The highest BCUT2D eigenvalue weighted by Gasteiger charge is 2.15. The van der Waals surface area contributed by atoms with Crippen LogP contribution in [0, 0.1) is 0 Å². The first kappa shape index (κ1) is 13.2. The van der Waals surface area contributed by atoms with Gasteiger partial charge in [-0.2, -0.15) is 0 Å². The molecule has 0 aliphatic heterocycles. The number of imidazole rings is 1. The minimum atomic E-state index is -0.652. The molecule has 96 valence electrons. The average molecular weight is 262 g/mol. The second kappa shape index (κ2) is 6.07. The molecule has 1 heterocycles. The Morgan fingerprint density at radius 2 is 2.00 bits per heavy atom. The third kappa shape index (κ3) is 2.76. The molecule has 3 nitrogen and oxygen atoms in total. The van der Waals surface area contributed by atoms with Gasteiger partial charge < -0.3 is 9.67 Å². The first-order valence-electron chi connectivity index (χ1n) is 6.18. The Labute approximate surface area is 112 Å². The first-order chi connectivity index (χ1) is 8.76. The Kier molecular flexibility index (Phi) is 4.44. The van der Waals surface area contributed by atoms with Gasteiger partial charge in [-0.05, 0) is 30.4 Å². The van der Waals surface area contributed by atoms with Gasteiger partial charge in [0.2, 0.25) is 0 Å². The Bertz CT molecular complexity index is 493. The second-order valence-electron chi connectivity index (χ2n) is 3.98. The van der Waals surface area contributed by atoms with Crippen LogP contribution in [0.1, 0.15) is 31.3 Å². The highest BCUT2D eigenvalue weighted by molar-refractivity contribution is 7.99. The fraction of sp³-hybridized carbons (Fsp3) is 0.357. The van der Waals surface area contributed by atoms with Crippen molar-refractivity contribution in [1.82, 2.24) is 9.55 Å². The molecule has 2 rings (SSSR count). The number of aryl methyl sites for hydroxylation is 1. The SMILES string of the molecule is CCSc1ccc(C(O)c2nccn2CC)cc1. The van der Waals surface area contributed by atoms with Crippen LogP contribution < -0.4 is 0 Å². The summed E-state index contributed by atoms with van der Waals surface area (Å²) in [5.74, 6) is 1.76. The van der Waals surface area contributed by atoms with Crippen LogP contribution in [0.5, 0.6) is 0 Å². The predicted octanol–water partition coefficient (Wildman–Crippen LogP) is 3.10. The maximum atomic E-state index is 10.3. The molecule has 1 N–H and O–H groups in total. The first-order valence-corrected chi connectivity index (χ1v) is 7.16. The minimum absolute atomic E-state index is 0.652. The van der Waals surface area contributed by atoms with Gasteiger partial charge in [0.1, 0.15) is 11.9 Å². The van der Waals surface area contributed by atoms with Gasteiger partial charge in [0.15, 0.2) is 0 Å². The van der Waals surface area contributed by atoms with Gasteiger partial charge in [0.05, 0.1) is 0 Å². The molecular weight excluding hydrogens is 244 g/mol. The van der Waals surface area contributed by atoms with Crippen molar-refractivity contribution in [3.05, 3.63) is 48.0 Å². The lowest BCUT2D eigenvalue weighted by Gasteiger charge is -2.12. The molecule has 1 unspecified atom stereocenters. The number of aliphatic hydroxyl groups is 1. The Morgan fingerprint density at radius 1 is 1.28 bits per heavy atom. The van der Waals surface area contributed by atoms with Crippen molar-refractivity contribution in [3.63, 3.8) is 0 Å². The van der Waals surface area contributed by atoms with Crippen LogP contribution in [0.2, 0.25) is 0 Å². The van der Waals surface area contributed by atoms with E-state index in [4.69, 9.17) is 0 Å². The number of aliphatic hydroxyl groups excluding tert-OH is 1. The molecule has 0 spiro atoms. The number of nitrogens with zero attached hydrogens (tertiary/aromatic N) is 2. The maximum absolute atomic E-state index is 10.3. The molecule has 18 heavy (non-hydrogen) atoms. The van der Waals surface area contributed by atoms with Crippen LogP contribution >= 0.6 is 11.8 Å². The zero-order valence-corrected chi connectivity index (χ0v) is 11.5. The summed E-state index contributed by atoms with van der Waals surface area (Å²) >= 11 is 1.80. The highest BCUT2D eigenvalue weighted by Crippen LogP contribution is 2.24. The van der Waals surface area contributed by atoms with Crippen molar-refractivity contribution >= 4 is 11.8 Å². The van der Waals surface area contributed by atoms with Gasteiger partial charge in [0.25, 0.3) is 0 Å². The third-order valence-corrected chi connectivity index (χ3v) is 3.73. The normalized spacial score (nSPS) is 12.6. The van der Waals surface area contributed by atoms with E-state index in [9.17, 15) is 5.11 Å². The number of hydrogen-bond acceptors (Lipinski definition) is 3. The van der Waals surface area contributed by atoms with Gasteiger partial charge in [-0.1, -0.05) is 19.1 Å². The van der Waals surface area contributed by atoms with Gasteiger partial charge >= 0.3 is 0 Å². The van der Waals surface area contributed by atoms with Crippen molar-refractivity contribution in [2.45, 2.75) is 31.4 Å². The summed E-state index contributed by atoms with van der Waals surface area (Å²) in [5, 5.41) is 10.3. The molecule has 0 aliphatic rings. The van der Waals surface area contributed by atoms with Crippen LogP contribution in [-0.2, 0) is 6.54 Å². The van der Waals surface area contributed by atoms with E-state index in [0.29, 0.717) is 5.82 Å². The summed E-state index contributed by atoms with van der Waals surface area (Å²) in [5.41, 5.74) is 0.886. The van der Waals surface area contributed by atoms with E-state index >= 15 is 0 Å². The van der Waals surface area contributed by atoms with E-state index in [2.05, 4.69) is 11.9 Å². The molecular formula is C14H18N2OS. The van der Waals surface area contributed by atoms with Crippen molar-refractivity contribution in [2.75, 3.05) is 5.75 Å². The van der Waals surface area contributed by atoms with E-state index in [1.807, 2.05) is 42.0 Å². The molecule has 1 atom stereocenters. The van der Waals surface area contributed by atoms with Crippen molar-refractivity contribution in [2.24, 2.45) is 0 Å². The van der Waals surface area contributed by atoms with E-state index in [1.165, 1.54) is 4.90 Å². The molecule has 4 heteroatoms. The lowest BCUT2D eigenvalue weighted by molar-refractivity contribution is 0.205. The summed E-state index contributed by atoms with van der Waals surface area (Å²) in [6.45, 7) is 4.99. The Morgan fingerprint density at radius 3 is 2.61 bits per heavy atom. The van der Waals surface area contributed by atoms with E-state index in [0.717, 1.165) is 17.9 Å². The summed E-state index contributed by atoms with van der Waals surface area (Å²) in [7, 11) is 0. The van der Waals surface area contributed by atoms with E-state index < -0.39 is 6.10 Å². The molecule has 1 aromatic carbocycles. The summed E-state index contributed by atoms with van der Waals surface area (Å²) in [4.78, 5) is 5.46. The molecule has 0 bridgehead atoms. The lowest BCUT2D eigenvalue weighted by Crippen LogP contribution is -2.08. The third-order valence-electron chi connectivity index (χ3n) is 2.84. The minimum Gasteiger partial charge on any atom is -0.380 e. The molecule has 1 aromatic heterocycles. The van der Waals surface area contributed by atoms with Crippen LogP contribution in [-0.4, -0.2) is 20.4 Å². The molecule has 0 saturated heterocycles. The van der Waals surface area contributed by atoms with Gasteiger partial charge in [-0.25, -0.2) is 4.98 Å². The molecule has 0 saturated carbocycles. The van der Waals surface area contributed by atoms with Crippen molar-refractivity contribution in [3.8, 4) is 0 Å². The zero-order valence-electron chi connectivity index (χ0n) is 10.7. The molecule has 0 fully saturated rings. The van der Waals surface area contributed by atoms with Crippen molar-refractivity contribution in [1.29, 1.82) is 0 Å². The van der Waals surface area contributed by atoms with Crippen LogP contribution in [0.3, 0.4) is 0 Å². The topological polar surface area (TPSA) is 38.1 Å². The quantitative estimate of drug-likeness (QED) is 0.841. The number of benzene rings is 1. The largest absolute Gasteiger partial charge is 0.380 e. The van der Waals surface area contributed by atoms with Crippen LogP contribution in [0.4, 0.5) is 0 Å². The van der Waals surface area contributed by atoms with E-state index in [-0.39, 0.29) is 0 Å². The molecule has 2 aromatic rings. The fourth-order valence-electron chi connectivity index (χ4n) is 1.90. The Balaban J connectivity index is 2.20. The highest BCUT2D eigenvalue weighted by atomic mass is 32.2. The predicted molar refractivity (Wildman–Crippen MR) is 74.8 cm³/mol. The zero-order chi connectivity index (χ0) is 13.0. The van der Waals surface area contributed by atoms with Gasteiger partial charge in [0, 0.05) is 23.8 Å². The lowest BCUT2D eigenvalue weighted by atomic mass is 10.1. The molecule has 0 aliphatic carbocycles. The number of rotatable bonds is 5. The summed E-state index contributed by atoms with van der Waals surface area (Å²) in [6.07, 6.45) is 2.96. The Hall–Kier alpha value is -1.26. The number of thioether (sulfide) groups is 1. The van der Waals surface area contributed by atoms with Crippen LogP contribution in [0.15, 0.2) is 41.6 Å². The van der Waals surface area contributed by atoms with Crippen molar-refractivity contribution < 1.29 is 5.11 Å². The molecule has 0 radical (unpaired) electrons. The number of aromatic nitrogens is 2. The summed E-state index contributed by atoms with van der Waals surface area (Å²) in [6, 6.07) is 8.03.